The van der Waals surface area contributed by atoms with Gasteiger partial charge in [0.2, 0.25) is 6.29 Å². The van der Waals surface area contributed by atoms with Crippen molar-refractivity contribution in [2.24, 2.45) is 0 Å². The zero-order valence-corrected chi connectivity index (χ0v) is 20.7. The summed E-state index contributed by atoms with van der Waals surface area (Å²) in [7, 11) is 1.37. The molecule has 5 N–H and O–H groups in total. The van der Waals surface area contributed by atoms with Crippen LogP contribution < -0.4 is 15.1 Å². The predicted octanol–water partition coefficient (Wildman–Crippen LogP) is -1.60. The molecule has 10 atom stereocenters. The van der Waals surface area contributed by atoms with Crippen LogP contribution in [0.2, 0.25) is 0 Å². The monoisotopic (exact) mass is 542 g/mol. The minimum atomic E-state index is -1.74. The lowest BCUT2D eigenvalue weighted by molar-refractivity contribution is -0.355. The molecule has 3 heterocycles. The number of hydrogen-bond donors (Lipinski definition) is 5. The van der Waals surface area contributed by atoms with E-state index >= 15 is 0 Å². The number of carbonyl (C=O) groups excluding carboxylic acids is 1. The maximum Gasteiger partial charge on any atom is 0.336 e. The molecule has 0 saturated carbocycles. The van der Waals surface area contributed by atoms with Crippen molar-refractivity contribution in [2.45, 2.75) is 75.3 Å². The number of hydrogen-bond acceptors (Lipinski definition) is 14. The summed E-state index contributed by atoms with van der Waals surface area (Å²) < 4.78 is 38.5. The van der Waals surface area contributed by atoms with E-state index in [1.54, 1.807) is 0 Å². The third kappa shape index (κ3) is 5.62. The van der Waals surface area contributed by atoms with Crippen LogP contribution in [0.15, 0.2) is 33.5 Å². The highest BCUT2D eigenvalue weighted by Crippen LogP contribution is 2.36. The number of esters is 1. The first-order valence-corrected chi connectivity index (χ1v) is 11.8. The molecule has 1 aromatic heterocycles. The lowest BCUT2D eigenvalue weighted by Gasteiger charge is -2.46. The molecule has 2 fully saturated rings. The lowest BCUT2D eigenvalue weighted by Crippen LogP contribution is -2.65. The molecule has 4 rings (SSSR count). The molecule has 0 aliphatic carbocycles. The Hall–Kier alpha value is -2.82. The molecule has 2 aliphatic heterocycles. The van der Waals surface area contributed by atoms with Gasteiger partial charge in [0, 0.05) is 24.4 Å². The summed E-state index contributed by atoms with van der Waals surface area (Å²) in [6.45, 7) is 1.93. The van der Waals surface area contributed by atoms with E-state index in [1.807, 2.05) is 0 Å². The number of benzene rings is 1. The van der Waals surface area contributed by atoms with E-state index in [0.29, 0.717) is 5.39 Å². The Labute approximate surface area is 215 Å². The Morgan fingerprint density at radius 1 is 0.947 bits per heavy atom. The van der Waals surface area contributed by atoms with Gasteiger partial charge in [0.25, 0.3) is 0 Å². The van der Waals surface area contributed by atoms with Gasteiger partial charge in [0.15, 0.2) is 30.0 Å². The first-order chi connectivity index (χ1) is 18.0. The predicted molar refractivity (Wildman–Crippen MR) is 124 cm³/mol. The Morgan fingerprint density at radius 2 is 1.66 bits per heavy atom. The fourth-order valence-corrected chi connectivity index (χ4v) is 4.38. The molecule has 210 valence electrons. The Morgan fingerprint density at radius 3 is 2.32 bits per heavy atom. The molecular weight excluding hydrogens is 512 g/mol. The average molecular weight is 542 g/mol. The molecule has 38 heavy (non-hydrogen) atoms. The van der Waals surface area contributed by atoms with E-state index in [9.17, 15) is 35.1 Å². The minimum absolute atomic E-state index is 0.00154. The number of rotatable bonds is 7. The molecule has 0 unspecified atom stereocenters. The molecule has 2 aromatic rings. The van der Waals surface area contributed by atoms with Gasteiger partial charge in [-0.25, -0.2) is 4.79 Å². The van der Waals surface area contributed by atoms with Gasteiger partial charge in [-0.05, 0) is 19.1 Å². The van der Waals surface area contributed by atoms with Crippen molar-refractivity contribution in [2.75, 3.05) is 13.7 Å². The van der Waals surface area contributed by atoms with E-state index in [2.05, 4.69) is 0 Å². The molecular formula is C24H30O14. The van der Waals surface area contributed by atoms with Crippen molar-refractivity contribution in [3.8, 4) is 11.5 Å². The van der Waals surface area contributed by atoms with Gasteiger partial charge in [-0.1, -0.05) is 0 Å². The summed E-state index contributed by atoms with van der Waals surface area (Å²) in [5.41, 5.74) is -0.453. The highest BCUT2D eigenvalue weighted by atomic mass is 16.8. The van der Waals surface area contributed by atoms with Crippen LogP contribution in [0.25, 0.3) is 11.0 Å². The highest BCUT2D eigenvalue weighted by Gasteiger charge is 2.51. The quantitative estimate of drug-likeness (QED) is 0.198. The van der Waals surface area contributed by atoms with Crippen molar-refractivity contribution in [3.63, 3.8) is 0 Å². The normalized spacial score (nSPS) is 35.6. The molecule has 0 bridgehead atoms. The van der Waals surface area contributed by atoms with E-state index < -0.39 is 79.6 Å². The van der Waals surface area contributed by atoms with Crippen molar-refractivity contribution >= 4 is 16.9 Å². The van der Waals surface area contributed by atoms with Gasteiger partial charge in [-0.2, -0.15) is 0 Å². The summed E-state index contributed by atoms with van der Waals surface area (Å²) in [5, 5.41) is 52.6. The second kappa shape index (κ2) is 11.5. The van der Waals surface area contributed by atoms with E-state index in [1.165, 1.54) is 38.3 Å². The molecule has 14 heteroatoms. The SMILES string of the molecule is COc1cc2ccc(=O)oc2cc1O[C@@H]1O[C@H](CO)[C@@H](O)[C@H](O)[C@H]1O[C@@H]1O[C@@H](C)[C@H](OC(C)=O)[C@@H](O)[C@H]1O. The van der Waals surface area contributed by atoms with E-state index in [4.69, 9.17) is 32.8 Å². The molecule has 0 amide bonds. The van der Waals surface area contributed by atoms with Crippen LogP contribution in [0.4, 0.5) is 0 Å². The largest absolute Gasteiger partial charge is 0.493 e. The Bertz CT molecular complexity index is 1180. The number of fused-ring (bicyclic) bond motifs is 1. The molecule has 14 nitrogen and oxygen atoms in total. The van der Waals surface area contributed by atoms with Crippen LogP contribution >= 0.6 is 0 Å². The van der Waals surface area contributed by atoms with Gasteiger partial charge < -0.3 is 58.4 Å². The summed E-state index contributed by atoms with van der Waals surface area (Å²) in [6.07, 6.45) is -14.7. The molecule has 2 aliphatic rings. The van der Waals surface area contributed by atoms with Crippen LogP contribution in [-0.2, 0) is 23.7 Å². The van der Waals surface area contributed by atoms with Crippen molar-refractivity contribution in [1.29, 1.82) is 0 Å². The number of aliphatic hydroxyl groups excluding tert-OH is 5. The fourth-order valence-electron chi connectivity index (χ4n) is 4.38. The van der Waals surface area contributed by atoms with Crippen LogP contribution in [0.5, 0.6) is 11.5 Å². The topological polar surface area (TPSA) is 204 Å². The highest BCUT2D eigenvalue weighted by molar-refractivity contribution is 5.80. The van der Waals surface area contributed by atoms with Gasteiger partial charge in [0.1, 0.15) is 36.1 Å². The first kappa shape index (κ1) is 28.2. The maximum atomic E-state index is 11.7. The van der Waals surface area contributed by atoms with E-state index in [0.717, 1.165) is 6.92 Å². The maximum absolute atomic E-state index is 11.7. The summed E-state index contributed by atoms with van der Waals surface area (Å²) in [6, 6.07) is 5.64. The lowest BCUT2D eigenvalue weighted by atomic mass is 9.97. The molecule has 0 radical (unpaired) electrons. The third-order valence-electron chi connectivity index (χ3n) is 6.34. The van der Waals surface area contributed by atoms with Crippen LogP contribution in [-0.4, -0.2) is 107 Å². The van der Waals surface area contributed by atoms with Crippen molar-refractivity contribution < 1.29 is 63.2 Å². The van der Waals surface area contributed by atoms with Gasteiger partial charge in [-0.15, -0.1) is 0 Å². The first-order valence-electron chi connectivity index (χ1n) is 11.8. The Kier molecular flexibility index (Phi) is 8.54. The number of methoxy groups -OCH3 is 1. The summed E-state index contributed by atoms with van der Waals surface area (Å²) >= 11 is 0. The van der Waals surface area contributed by atoms with Crippen LogP contribution in [0.3, 0.4) is 0 Å². The van der Waals surface area contributed by atoms with Gasteiger partial charge in [-0.3, -0.25) is 4.79 Å². The molecule has 0 spiro atoms. The van der Waals surface area contributed by atoms with Crippen molar-refractivity contribution in [3.05, 3.63) is 34.7 Å². The fraction of sp³-hybridized carbons (Fsp3) is 0.583. The average Bonchev–Trinajstić information content (AvgIpc) is 2.88. The minimum Gasteiger partial charge on any atom is -0.493 e. The summed E-state index contributed by atoms with van der Waals surface area (Å²) in [5.74, 6) is -0.502. The number of carbonyl (C=O) groups is 1. The number of aliphatic hydroxyl groups is 5. The van der Waals surface area contributed by atoms with Crippen LogP contribution in [0, 0.1) is 0 Å². The third-order valence-corrected chi connectivity index (χ3v) is 6.34. The second-order valence-electron chi connectivity index (χ2n) is 8.99. The standard InChI is InChI=1S/C24H30O14/c1-9-21(34-10(2)26)19(30)20(31)23(33-9)38-22-18(29)17(28)15(8-25)37-24(22)36-14-7-12-11(6-13(14)32-3)4-5-16(27)35-12/h4-7,9,15,17-25,28-31H,8H2,1-3H3/t9-,15+,17+,18-,19-,20+,21-,22+,23-,24+/m0/s1. The summed E-state index contributed by atoms with van der Waals surface area (Å²) in [4.78, 5) is 23.0. The zero-order chi connectivity index (χ0) is 27.7. The molecule has 2 saturated heterocycles. The Balaban J connectivity index is 1.63. The van der Waals surface area contributed by atoms with E-state index in [-0.39, 0.29) is 17.1 Å². The van der Waals surface area contributed by atoms with Gasteiger partial charge in [0.05, 0.1) is 19.8 Å². The number of ether oxygens (including phenoxy) is 6. The smallest absolute Gasteiger partial charge is 0.336 e. The van der Waals surface area contributed by atoms with Crippen LogP contribution in [0.1, 0.15) is 13.8 Å². The molecule has 1 aromatic carbocycles. The van der Waals surface area contributed by atoms with Crippen molar-refractivity contribution in [1.82, 2.24) is 0 Å². The second-order valence-corrected chi connectivity index (χ2v) is 8.99. The van der Waals surface area contributed by atoms with Gasteiger partial charge >= 0.3 is 11.6 Å². The zero-order valence-electron chi connectivity index (χ0n) is 20.7.